The Morgan fingerprint density at radius 2 is 2.25 bits per heavy atom. The summed E-state index contributed by atoms with van der Waals surface area (Å²) in [6, 6.07) is 8.79. The van der Waals surface area contributed by atoms with Crippen molar-refractivity contribution in [2.24, 2.45) is 5.73 Å². The van der Waals surface area contributed by atoms with Gasteiger partial charge in [-0.25, -0.2) is 0 Å². The third-order valence-corrected chi connectivity index (χ3v) is 2.42. The van der Waals surface area contributed by atoms with Crippen molar-refractivity contribution in [1.82, 2.24) is 0 Å². The second kappa shape index (κ2) is 4.53. The summed E-state index contributed by atoms with van der Waals surface area (Å²) in [5.74, 6) is 0. The molecule has 0 amide bonds. The normalized spacial score (nSPS) is 12.9. The standard InChI is InChI=1S/C10H15NS/c1-8(11)6-9-4-3-5-10(7-9)12-2/h3-5,7-8H,6,11H2,1-2H3. The molecule has 1 aromatic carbocycles. The van der Waals surface area contributed by atoms with Crippen LogP contribution in [0, 0.1) is 0 Å². The van der Waals surface area contributed by atoms with Gasteiger partial charge in [0.1, 0.15) is 0 Å². The van der Waals surface area contributed by atoms with E-state index in [0.717, 1.165) is 6.42 Å². The molecule has 66 valence electrons. The molecule has 0 aliphatic rings. The summed E-state index contributed by atoms with van der Waals surface area (Å²) >= 11 is 1.77. The third kappa shape index (κ3) is 2.88. The SMILES string of the molecule is CSc1cccc(CC(C)N)c1. The van der Waals surface area contributed by atoms with Crippen LogP contribution in [0.5, 0.6) is 0 Å². The van der Waals surface area contributed by atoms with Crippen LogP contribution in [-0.2, 0) is 6.42 Å². The van der Waals surface area contributed by atoms with Crippen LogP contribution in [0.4, 0.5) is 0 Å². The van der Waals surface area contributed by atoms with Crippen molar-refractivity contribution in [3.05, 3.63) is 29.8 Å². The largest absolute Gasteiger partial charge is 0.328 e. The van der Waals surface area contributed by atoms with Gasteiger partial charge in [-0.1, -0.05) is 12.1 Å². The number of thioether (sulfide) groups is 1. The van der Waals surface area contributed by atoms with Crippen LogP contribution < -0.4 is 5.73 Å². The van der Waals surface area contributed by atoms with Gasteiger partial charge in [-0.15, -0.1) is 11.8 Å². The van der Waals surface area contributed by atoms with Crippen LogP contribution >= 0.6 is 11.8 Å². The summed E-state index contributed by atoms with van der Waals surface area (Å²) in [7, 11) is 0. The summed E-state index contributed by atoms with van der Waals surface area (Å²) in [5, 5.41) is 0. The highest BCUT2D eigenvalue weighted by Gasteiger charge is 1.97. The second-order valence-electron chi connectivity index (χ2n) is 3.03. The first-order valence-electron chi connectivity index (χ1n) is 4.11. The molecule has 0 saturated heterocycles. The Morgan fingerprint density at radius 1 is 1.50 bits per heavy atom. The fraction of sp³-hybridized carbons (Fsp3) is 0.400. The van der Waals surface area contributed by atoms with Gasteiger partial charge in [0.05, 0.1) is 0 Å². The Balaban J connectivity index is 2.72. The number of hydrogen-bond acceptors (Lipinski definition) is 2. The van der Waals surface area contributed by atoms with Gasteiger partial charge >= 0.3 is 0 Å². The van der Waals surface area contributed by atoms with Crippen molar-refractivity contribution < 1.29 is 0 Å². The molecule has 0 fully saturated rings. The Kier molecular flexibility index (Phi) is 3.63. The summed E-state index contributed by atoms with van der Waals surface area (Å²) in [6.45, 7) is 2.03. The van der Waals surface area contributed by atoms with E-state index >= 15 is 0 Å². The molecule has 0 aliphatic carbocycles. The maximum absolute atomic E-state index is 5.71. The monoisotopic (exact) mass is 181 g/mol. The van der Waals surface area contributed by atoms with Crippen LogP contribution in [0.1, 0.15) is 12.5 Å². The van der Waals surface area contributed by atoms with Gasteiger partial charge in [-0.3, -0.25) is 0 Å². The number of hydrogen-bond donors (Lipinski definition) is 1. The lowest BCUT2D eigenvalue weighted by Gasteiger charge is -2.05. The summed E-state index contributed by atoms with van der Waals surface area (Å²) in [5.41, 5.74) is 7.04. The fourth-order valence-electron chi connectivity index (χ4n) is 1.17. The molecule has 1 atom stereocenters. The van der Waals surface area contributed by atoms with Crippen molar-refractivity contribution in [1.29, 1.82) is 0 Å². The van der Waals surface area contributed by atoms with Crippen LogP contribution in [0.15, 0.2) is 29.2 Å². The molecule has 2 heteroatoms. The van der Waals surface area contributed by atoms with Crippen molar-refractivity contribution in [2.75, 3.05) is 6.26 Å². The molecule has 2 N–H and O–H groups in total. The summed E-state index contributed by atoms with van der Waals surface area (Å²) in [4.78, 5) is 1.31. The maximum atomic E-state index is 5.71. The Hall–Kier alpha value is -0.470. The minimum atomic E-state index is 0.252. The number of rotatable bonds is 3. The first kappa shape index (κ1) is 9.62. The molecule has 1 nitrogen and oxygen atoms in total. The third-order valence-electron chi connectivity index (χ3n) is 1.69. The van der Waals surface area contributed by atoms with Crippen LogP contribution in [0.3, 0.4) is 0 Å². The van der Waals surface area contributed by atoms with E-state index in [1.54, 1.807) is 11.8 Å². The van der Waals surface area contributed by atoms with Gasteiger partial charge in [0, 0.05) is 10.9 Å². The van der Waals surface area contributed by atoms with Crippen LogP contribution in [0.25, 0.3) is 0 Å². The van der Waals surface area contributed by atoms with E-state index in [9.17, 15) is 0 Å². The molecule has 1 unspecified atom stereocenters. The molecule has 0 bridgehead atoms. The lowest BCUT2D eigenvalue weighted by atomic mass is 10.1. The van der Waals surface area contributed by atoms with Gasteiger partial charge in [0.15, 0.2) is 0 Å². The van der Waals surface area contributed by atoms with Gasteiger partial charge in [-0.05, 0) is 37.3 Å². The Bertz CT molecular complexity index is 245. The van der Waals surface area contributed by atoms with Gasteiger partial charge in [0.2, 0.25) is 0 Å². The zero-order valence-corrected chi connectivity index (χ0v) is 8.40. The fourth-order valence-corrected chi connectivity index (χ4v) is 1.66. The molecular weight excluding hydrogens is 166 g/mol. The molecule has 0 aliphatic heterocycles. The molecule has 12 heavy (non-hydrogen) atoms. The van der Waals surface area contributed by atoms with E-state index in [-0.39, 0.29) is 6.04 Å². The lowest BCUT2D eigenvalue weighted by molar-refractivity contribution is 0.737. The predicted octanol–water partition coefficient (Wildman–Crippen LogP) is 2.30. The molecule has 0 aromatic heterocycles. The number of nitrogens with two attached hydrogens (primary N) is 1. The van der Waals surface area contributed by atoms with Gasteiger partial charge < -0.3 is 5.73 Å². The van der Waals surface area contributed by atoms with Crippen molar-refractivity contribution in [3.8, 4) is 0 Å². The van der Waals surface area contributed by atoms with Gasteiger partial charge in [-0.2, -0.15) is 0 Å². The Morgan fingerprint density at radius 3 is 2.83 bits per heavy atom. The Labute approximate surface area is 78.4 Å². The molecule has 1 aromatic rings. The zero-order valence-electron chi connectivity index (χ0n) is 7.58. The van der Waals surface area contributed by atoms with Crippen LogP contribution in [0.2, 0.25) is 0 Å². The maximum Gasteiger partial charge on any atom is 0.00718 e. The van der Waals surface area contributed by atoms with E-state index in [2.05, 4.69) is 30.5 Å². The highest BCUT2D eigenvalue weighted by molar-refractivity contribution is 7.98. The first-order chi connectivity index (χ1) is 5.72. The minimum Gasteiger partial charge on any atom is -0.328 e. The van der Waals surface area contributed by atoms with E-state index in [1.165, 1.54) is 10.5 Å². The second-order valence-corrected chi connectivity index (χ2v) is 3.91. The average Bonchev–Trinajstić information content (AvgIpc) is 2.03. The zero-order chi connectivity index (χ0) is 8.97. The van der Waals surface area contributed by atoms with E-state index in [1.807, 2.05) is 6.92 Å². The predicted molar refractivity (Wildman–Crippen MR) is 55.6 cm³/mol. The first-order valence-corrected chi connectivity index (χ1v) is 5.33. The van der Waals surface area contributed by atoms with E-state index < -0.39 is 0 Å². The topological polar surface area (TPSA) is 26.0 Å². The molecule has 1 rings (SSSR count). The van der Waals surface area contributed by atoms with Crippen molar-refractivity contribution >= 4 is 11.8 Å². The van der Waals surface area contributed by atoms with Crippen molar-refractivity contribution in [2.45, 2.75) is 24.3 Å². The van der Waals surface area contributed by atoms with E-state index in [4.69, 9.17) is 5.73 Å². The summed E-state index contributed by atoms with van der Waals surface area (Å²) < 4.78 is 0. The molecule has 0 radical (unpaired) electrons. The summed E-state index contributed by atoms with van der Waals surface area (Å²) in [6.07, 6.45) is 3.05. The van der Waals surface area contributed by atoms with Gasteiger partial charge in [0.25, 0.3) is 0 Å². The smallest absolute Gasteiger partial charge is 0.00718 e. The molecule has 0 heterocycles. The van der Waals surface area contributed by atoms with Crippen LogP contribution in [-0.4, -0.2) is 12.3 Å². The quantitative estimate of drug-likeness (QED) is 0.724. The minimum absolute atomic E-state index is 0.252. The highest BCUT2D eigenvalue weighted by atomic mass is 32.2. The van der Waals surface area contributed by atoms with Crippen molar-refractivity contribution in [3.63, 3.8) is 0 Å². The number of benzene rings is 1. The highest BCUT2D eigenvalue weighted by Crippen LogP contribution is 2.16. The average molecular weight is 181 g/mol. The molecular formula is C10H15NS. The molecule has 0 spiro atoms. The lowest BCUT2D eigenvalue weighted by Crippen LogP contribution is -2.17. The molecule has 0 saturated carbocycles. The van der Waals surface area contributed by atoms with E-state index in [0.29, 0.717) is 0 Å².